The van der Waals surface area contributed by atoms with E-state index in [4.69, 9.17) is 0 Å². The van der Waals surface area contributed by atoms with Crippen LogP contribution in [0, 0.1) is 0 Å². The van der Waals surface area contributed by atoms with Gasteiger partial charge >= 0.3 is 0 Å². The van der Waals surface area contributed by atoms with Gasteiger partial charge in [-0.2, -0.15) is 11.8 Å². The molecular weight excluding hydrogens is 186 g/mol. The zero-order chi connectivity index (χ0) is 9.10. The van der Waals surface area contributed by atoms with Crippen LogP contribution in [0.5, 0.6) is 0 Å². The van der Waals surface area contributed by atoms with Crippen molar-refractivity contribution in [1.29, 1.82) is 0 Å². The Kier molecular flexibility index (Phi) is 2.80. The van der Waals surface area contributed by atoms with E-state index in [1.54, 1.807) is 4.68 Å². The van der Waals surface area contributed by atoms with Gasteiger partial charge in [0.25, 0.3) is 0 Å². The van der Waals surface area contributed by atoms with Crippen molar-refractivity contribution in [3.05, 3.63) is 5.82 Å². The number of hydrogen-bond acceptors (Lipinski definition) is 5. The lowest BCUT2D eigenvalue weighted by molar-refractivity contribution is 0.282. The summed E-state index contributed by atoms with van der Waals surface area (Å²) in [5.41, 5.74) is 0. The van der Waals surface area contributed by atoms with Gasteiger partial charge in [0.05, 0.1) is 6.54 Å². The summed E-state index contributed by atoms with van der Waals surface area (Å²) in [5.74, 6) is 3.41. The van der Waals surface area contributed by atoms with Crippen LogP contribution in [0.15, 0.2) is 0 Å². The van der Waals surface area contributed by atoms with E-state index >= 15 is 0 Å². The highest BCUT2D eigenvalue weighted by Gasteiger charge is 2.13. The zero-order valence-electron chi connectivity index (χ0n) is 7.68. The average molecular weight is 199 g/mol. The van der Waals surface area contributed by atoms with Gasteiger partial charge in [-0.1, -0.05) is 0 Å². The molecule has 1 aromatic rings. The normalized spacial score (nSPS) is 19.2. The van der Waals surface area contributed by atoms with Crippen LogP contribution in [0.3, 0.4) is 0 Å². The molecule has 0 saturated carbocycles. The van der Waals surface area contributed by atoms with Crippen LogP contribution in [0.4, 0.5) is 0 Å². The molecule has 72 valence electrons. The Labute approximate surface area is 81.5 Å². The molecule has 1 aliphatic rings. The molecule has 6 heteroatoms. The molecule has 2 rings (SSSR count). The number of tetrazole rings is 1. The average Bonchev–Trinajstić information content (AvgIpc) is 2.54. The standard InChI is InChI=1S/C7H13N5S/c1-11-7(8-9-10-11)6-12-2-4-13-5-3-12/h2-6H2,1H3. The third-order valence-electron chi connectivity index (χ3n) is 2.18. The Bertz CT molecular complexity index is 268. The van der Waals surface area contributed by atoms with Crippen molar-refractivity contribution in [1.82, 2.24) is 25.1 Å². The summed E-state index contributed by atoms with van der Waals surface area (Å²) in [4.78, 5) is 2.39. The van der Waals surface area contributed by atoms with E-state index in [0.717, 1.165) is 25.5 Å². The molecule has 0 amide bonds. The van der Waals surface area contributed by atoms with Crippen LogP contribution >= 0.6 is 11.8 Å². The van der Waals surface area contributed by atoms with Gasteiger partial charge in [0.1, 0.15) is 0 Å². The molecule has 0 N–H and O–H groups in total. The third-order valence-corrected chi connectivity index (χ3v) is 3.12. The van der Waals surface area contributed by atoms with Crippen molar-refractivity contribution in [2.75, 3.05) is 24.6 Å². The highest BCUT2D eigenvalue weighted by atomic mass is 32.2. The first kappa shape index (κ1) is 8.96. The number of nitrogens with zero attached hydrogens (tertiary/aromatic N) is 5. The summed E-state index contributed by atoms with van der Waals surface area (Å²) in [5, 5.41) is 11.4. The van der Waals surface area contributed by atoms with Crippen molar-refractivity contribution in [3.8, 4) is 0 Å². The van der Waals surface area contributed by atoms with Crippen LogP contribution in [0.25, 0.3) is 0 Å². The van der Waals surface area contributed by atoms with E-state index in [1.807, 2.05) is 18.8 Å². The molecule has 0 bridgehead atoms. The topological polar surface area (TPSA) is 46.8 Å². The van der Waals surface area contributed by atoms with Gasteiger partial charge in [0.15, 0.2) is 5.82 Å². The number of aromatic nitrogens is 4. The van der Waals surface area contributed by atoms with E-state index < -0.39 is 0 Å². The van der Waals surface area contributed by atoms with Crippen LogP contribution in [-0.4, -0.2) is 49.7 Å². The Morgan fingerprint density at radius 2 is 2.15 bits per heavy atom. The molecule has 0 spiro atoms. The van der Waals surface area contributed by atoms with Gasteiger partial charge in [-0.3, -0.25) is 4.90 Å². The molecule has 0 aliphatic carbocycles. The number of rotatable bonds is 2. The highest BCUT2D eigenvalue weighted by Crippen LogP contribution is 2.10. The summed E-state index contributed by atoms with van der Waals surface area (Å²) >= 11 is 2.02. The lowest BCUT2D eigenvalue weighted by Gasteiger charge is -2.24. The van der Waals surface area contributed by atoms with Crippen molar-refractivity contribution in [2.24, 2.45) is 7.05 Å². The van der Waals surface area contributed by atoms with Crippen molar-refractivity contribution >= 4 is 11.8 Å². The maximum absolute atomic E-state index is 3.96. The molecular formula is C7H13N5S. The summed E-state index contributed by atoms with van der Waals surface area (Å²) in [6.07, 6.45) is 0. The highest BCUT2D eigenvalue weighted by molar-refractivity contribution is 7.99. The summed E-state index contributed by atoms with van der Waals surface area (Å²) in [6.45, 7) is 3.18. The van der Waals surface area contributed by atoms with Gasteiger partial charge in [-0.05, 0) is 10.4 Å². The summed E-state index contributed by atoms with van der Waals surface area (Å²) in [7, 11) is 1.88. The molecule has 1 fully saturated rings. The van der Waals surface area contributed by atoms with Crippen LogP contribution in [0.1, 0.15) is 5.82 Å². The van der Waals surface area contributed by atoms with Gasteiger partial charge in [0, 0.05) is 31.6 Å². The van der Waals surface area contributed by atoms with E-state index in [2.05, 4.69) is 20.4 Å². The zero-order valence-corrected chi connectivity index (χ0v) is 8.50. The van der Waals surface area contributed by atoms with Crippen LogP contribution < -0.4 is 0 Å². The molecule has 0 aromatic carbocycles. The fourth-order valence-corrected chi connectivity index (χ4v) is 2.32. The molecule has 1 aliphatic heterocycles. The van der Waals surface area contributed by atoms with Crippen molar-refractivity contribution in [2.45, 2.75) is 6.54 Å². The Balaban J connectivity index is 1.93. The van der Waals surface area contributed by atoms with E-state index in [0.29, 0.717) is 0 Å². The number of hydrogen-bond donors (Lipinski definition) is 0. The molecule has 2 heterocycles. The Hall–Kier alpha value is -0.620. The van der Waals surface area contributed by atoms with E-state index in [1.165, 1.54) is 11.5 Å². The molecule has 0 atom stereocenters. The van der Waals surface area contributed by atoms with Gasteiger partial charge in [0.2, 0.25) is 0 Å². The molecule has 0 unspecified atom stereocenters. The second-order valence-electron chi connectivity index (χ2n) is 3.11. The minimum absolute atomic E-state index is 0.879. The molecule has 1 saturated heterocycles. The quantitative estimate of drug-likeness (QED) is 0.658. The lowest BCUT2D eigenvalue weighted by atomic mass is 10.4. The maximum atomic E-state index is 3.96. The third kappa shape index (κ3) is 2.19. The fourth-order valence-electron chi connectivity index (χ4n) is 1.34. The second-order valence-corrected chi connectivity index (χ2v) is 4.33. The fraction of sp³-hybridized carbons (Fsp3) is 0.857. The minimum Gasteiger partial charge on any atom is -0.294 e. The van der Waals surface area contributed by atoms with Crippen molar-refractivity contribution < 1.29 is 0 Å². The largest absolute Gasteiger partial charge is 0.294 e. The first-order valence-electron chi connectivity index (χ1n) is 4.37. The predicted molar refractivity (Wildman–Crippen MR) is 51.4 cm³/mol. The monoisotopic (exact) mass is 199 g/mol. The number of aryl methyl sites for hydroxylation is 1. The van der Waals surface area contributed by atoms with Gasteiger partial charge < -0.3 is 0 Å². The molecule has 5 nitrogen and oxygen atoms in total. The Morgan fingerprint density at radius 1 is 1.38 bits per heavy atom. The minimum atomic E-state index is 0.879. The Morgan fingerprint density at radius 3 is 2.77 bits per heavy atom. The molecule has 0 radical (unpaired) electrons. The van der Waals surface area contributed by atoms with Crippen LogP contribution in [-0.2, 0) is 13.6 Å². The molecule has 13 heavy (non-hydrogen) atoms. The molecule has 1 aromatic heterocycles. The van der Waals surface area contributed by atoms with Gasteiger partial charge in [-0.15, -0.1) is 5.10 Å². The summed E-state index contributed by atoms with van der Waals surface area (Å²) in [6, 6.07) is 0. The smallest absolute Gasteiger partial charge is 0.164 e. The SMILES string of the molecule is Cn1nnnc1CN1CCSCC1. The first-order chi connectivity index (χ1) is 6.36. The first-order valence-corrected chi connectivity index (χ1v) is 5.53. The second kappa shape index (κ2) is 4.06. The predicted octanol–water partition coefficient (Wildman–Crippen LogP) is -0.241. The van der Waals surface area contributed by atoms with E-state index in [-0.39, 0.29) is 0 Å². The maximum Gasteiger partial charge on any atom is 0.164 e. The summed E-state index contributed by atoms with van der Waals surface area (Å²) < 4.78 is 1.74. The van der Waals surface area contributed by atoms with Crippen molar-refractivity contribution in [3.63, 3.8) is 0 Å². The van der Waals surface area contributed by atoms with Gasteiger partial charge in [-0.25, -0.2) is 4.68 Å². The lowest BCUT2D eigenvalue weighted by Crippen LogP contribution is -2.32. The van der Waals surface area contributed by atoms with E-state index in [9.17, 15) is 0 Å². The van der Waals surface area contributed by atoms with Crippen LogP contribution in [0.2, 0.25) is 0 Å². The number of thioether (sulfide) groups is 1.